The molecular weight excluding hydrogens is 284 g/mol. The third-order valence-corrected chi connectivity index (χ3v) is 4.00. The van der Waals surface area contributed by atoms with Gasteiger partial charge in [0.15, 0.2) is 0 Å². The van der Waals surface area contributed by atoms with Crippen LogP contribution in [-0.2, 0) is 0 Å². The molecule has 23 heavy (non-hydrogen) atoms. The number of H-pyrrole nitrogens is 1. The largest absolute Gasteiger partial charge is 0.496 e. The Morgan fingerprint density at radius 3 is 2.52 bits per heavy atom. The molecule has 0 bridgehead atoms. The lowest BCUT2D eigenvalue weighted by molar-refractivity contribution is 0.416. The minimum absolute atomic E-state index is 0.834. The molecule has 0 saturated heterocycles. The summed E-state index contributed by atoms with van der Waals surface area (Å²) in [5, 5.41) is 2.44. The molecule has 0 aliphatic carbocycles. The average Bonchev–Trinajstić information content (AvgIpc) is 3.11. The predicted octanol–water partition coefficient (Wildman–Crippen LogP) is 4.91. The zero-order valence-electron chi connectivity index (χ0n) is 12.8. The summed E-state index contributed by atoms with van der Waals surface area (Å²) in [7, 11) is 1.68. The molecule has 0 unspecified atom stereocenters. The van der Waals surface area contributed by atoms with E-state index in [1.165, 1.54) is 10.8 Å². The highest BCUT2D eigenvalue weighted by atomic mass is 16.5. The third-order valence-electron chi connectivity index (χ3n) is 4.00. The van der Waals surface area contributed by atoms with Crippen molar-refractivity contribution in [3.8, 4) is 28.4 Å². The Hall–Kier alpha value is -3.07. The van der Waals surface area contributed by atoms with Crippen LogP contribution in [0.5, 0.6) is 5.75 Å². The molecule has 0 aliphatic rings. The Bertz CT molecular complexity index is 972. The van der Waals surface area contributed by atoms with Crippen molar-refractivity contribution in [2.45, 2.75) is 0 Å². The van der Waals surface area contributed by atoms with Gasteiger partial charge in [-0.05, 0) is 29.0 Å². The first kappa shape index (κ1) is 13.6. The topological polar surface area (TPSA) is 37.9 Å². The molecule has 0 aliphatic heterocycles. The van der Waals surface area contributed by atoms with E-state index in [-0.39, 0.29) is 0 Å². The molecule has 3 heteroatoms. The van der Waals surface area contributed by atoms with E-state index in [2.05, 4.69) is 52.4 Å². The molecule has 0 saturated carbocycles. The molecule has 112 valence electrons. The van der Waals surface area contributed by atoms with Gasteiger partial charge in [0, 0.05) is 11.1 Å². The minimum atomic E-state index is 0.834. The monoisotopic (exact) mass is 300 g/mol. The van der Waals surface area contributed by atoms with Gasteiger partial charge in [-0.3, -0.25) is 0 Å². The van der Waals surface area contributed by atoms with Crippen LogP contribution in [0.2, 0.25) is 0 Å². The van der Waals surface area contributed by atoms with Gasteiger partial charge in [0.2, 0.25) is 0 Å². The average molecular weight is 300 g/mol. The number of hydrogen-bond acceptors (Lipinski definition) is 2. The number of fused-ring (bicyclic) bond motifs is 1. The zero-order valence-corrected chi connectivity index (χ0v) is 12.8. The Labute approximate surface area is 134 Å². The van der Waals surface area contributed by atoms with Crippen LogP contribution >= 0.6 is 0 Å². The van der Waals surface area contributed by atoms with Crippen molar-refractivity contribution in [1.82, 2.24) is 9.97 Å². The highest BCUT2D eigenvalue weighted by molar-refractivity contribution is 5.86. The fraction of sp³-hybridized carbons (Fsp3) is 0.0500. The van der Waals surface area contributed by atoms with Crippen LogP contribution in [0.3, 0.4) is 0 Å². The van der Waals surface area contributed by atoms with Crippen LogP contribution in [0.1, 0.15) is 0 Å². The van der Waals surface area contributed by atoms with E-state index in [9.17, 15) is 0 Å². The van der Waals surface area contributed by atoms with Crippen molar-refractivity contribution in [3.63, 3.8) is 0 Å². The maximum Gasteiger partial charge on any atom is 0.137 e. The predicted molar refractivity (Wildman–Crippen MR) is 93.5 cm³/mol. The maximum absolute atomic E-state index is 5.42. The summed E-state index contributed by atoms with van der Waals surface area (Å²) in [6, 6.07) is 22.6. The standard InChI is InChI=1S/C20H16N2O/c1-23-19-9-5-4-8-17(19)18-13-21-20(22-18)16-11-10-14-6-2-3-7-15(14)12-16/h2-13H,1H3,(H,21,22). The van der Waals surface area contributed by atoms with Crippen molar-refractivity contribution in [1.29, 1.82) is 0 Å². The highest BCUT2D eigenvalue weighted by Gasteiger charge is 2.09. The number of rotatable bonds is 3. The van der Waals surface area contributed by atoms with E-state index in [4.69, 9.17) is 4.74 Å². The van der Waals surface area contributed by atoms with Gasteiger partial charge in [-0.15, -0.1) is 0 Å². The van der Waals surface area contributed by atoms with Gasteiger partial charge in [-0.25, -0.2) is 4.98 Å². The van der Waals surface area contributed by atoms with E-state index < -0.39 is 0 Å². The van der Waals surface area contributed by atoms with Crippen LogP contribution in [0.25, 0.3) is 33.4 Å². The van der Waals surface area contributed by atoms with Crippen LogP contribution < -0.4 is 4.74 Å². The first-order valence-corrected chi connectivity index (χ1v) is 7.53. The summed E-state index contributed by atoms with van der Waals surface area (Å²) in [6.07, 6.45) is 1.85. The molecule has 1 heterocycles. The van der Waals surface area contributed by atoms with Crippen molar-refractivity contribution in [2.75, 3.05) is 7.11 Å². The number of imidazole rings is 1. The van der Waals surface area contributed by atoms with E-state index >= 15 is 0 Å². The number of nitrogens with zero attached hydrogens (tertiary/aromatic N) is 1. The molecule has 1 aromatic heterocycles. The number of aromatic nitrogens is 2. The first-order valence-electron chi connectivity index (χ1n) is 7.53. The van der Waals surface area contributed by atoms with Crippen LogP contribution in [-0.4, -0.2) is 17.1 Å². The van der Waals surface area contributed by atoms with Gasteiger partial charge in [0.05, 0.1) is 19.0 Å². The number of hydrogen-bond donors (Lipinski definition) is 1. The Morgan fingerprint density at radius 1 is 0.870 bits per heavy atom. The number of ether oxygens (including phenoxy) is 1. The van der Waals surface area contributed by atoms with Gasteiger partial charge in [-0.1, -0.05) is 48.5 Å². The maximum atomic E-state index is 5.42. The fourth-order valence-corrected chi connectivity index (χ4v) is 2.81. The van der Waals surface area contributed by atoms with Crippen molar-refractivity contribution in [3.05, 3.63) is 72.9 Å². The van der Waals surface area contributed by atoms with Gasteiger partial charge in [-0.2, -0.15) is 0 Å². The number of benzene rings is 3. The summed E-state index contributed by atoms with van der Waals surface area (Å²) in [5.74, 6) is 1.69. The van der Waals surface area contributed by atoms with Crippen LogP contribution in [0.15, 0.2) is 72.9 Å². The summed E-state index contributed by atoms with van der Waals surface area (Å²) in [4.78, 5) is 7.93. The van der Waals surface area contributed by atoms with Gasteiger partial charge in [0.1, 0.15) is 11.6 Å². The molecular formula is C20H16N2O. The van der Waals surface area contributed by atoms with Crippen molar-refractivity contribution in [2.24, 2.45) is 0 Å². The Balaban J connectivity index is 1.77. The molecule has 3 aromatic carbocycles. The van der Waals surface area contributed by atoms with E-state index in [1.54, 1.807) is 7.11 Å². The number of aromatic amines is 1. The second-order valence-electron chi connectivity index (χ2n) is 5.41. The summed E-state index contributed by atoms with van der Waals surface area (Å²) >= 11 is 0. The molecule has 3 nitrogen and oxygen atoms in total. The van der Waals surface area contributed by atoms with Crippen LogP contribution in [0, 0.1) is 0 Å². The minimum Gasteiger partial charge on any atom is -0.496 e. The fourth-order valence-electron chi connectivity index (χ4n) is 2.81. The van der Waals surface area contributed by atoms with Crippen molar-refractivity contribution < 1.29 is 4.74 Å². The lowest BCUT2D eigenvalue weighted by Crippen LogP contribution is -1.87. The smallest absolute Gasteiger partial charge is 0.137 e. The van der Waals surface area contributed by atoms with E-state index in [0.717, 1.165) is 28.4 Å². The van der Waals surface area contributed by atoms with E-state index in [1.807, 2.05) is 30.5 Å². The third kappa shape index (κ3) is 2.46. The molecule has 0 atom stereocenters. The first-order chi connectivity index (χ1) is 11.3. The second-order valence-corrected chi connectivity index (χ2v) is 5.41. The van der Waals surface area contributed by atoms with Gasteiger partial charge < -0.3 is 9.72 Å². The number of para-hydroxylation sites is 1. The van der Waals surface area contributed by atoms with Crippen molar-refractivity contribution >= 4 is 10.8 Å². The lowest BCUT2D eigenvalue weighted by Gasteiger charge is -2.05. The Morgan fingerprint density at radius 2 is 1.65 bits per heavy atom. The SMILES string of the molecule is COc1ccccc1-c1cnc(-c2ccc3ccccc3c2)[nH]1. The normalized spacial score (nSPS) is 10.8. The number of methoxy groups -OCH3 is 1. The molecule has 4 aromatic rings. The summed E-state index contributed by atoms with van der Waals surface area (Å²) < 4.78 is 5.42. The summed E-state index contributed by atoms with van der Waals surface area (Å²) in [6.45, 7) is 0. The molecule has 0 amide bonds. The lowest BCUT2D eigenvalue weighted by atomic mass is 10.1. The summed E-state index contributed by atoms with van der Waals surface area (Å²) in [5.41, 5.74) is 3.03. The number of nitrogens with one attached hydrogen (secondary N) is 1. The highest BCUT2D eigenvalue weighted by Crippen LogP contribution is 2.30. The quantitative estimate of drug-likeness (QED) is 0.584. The van der Waals surface area contributed by atoms with Gasteiger partial charge in [0.25, 0.3) is 0 Å². The van der Waals surface area contributed by atoms with E-state index in [0.29, 0.717) is 0 Å². The van der Waals surface area contributed by atoms with Gasteiger partial charge >= 0.3 is 0 Å². The second kappa shape index (κ2) is 5.61. The Kier molecular flexibility index (Phi) is 3.31. The zero-order chi connectivity index (χ0) is 15.6. The van der Waals surface area contributed by atoms with Crippen LogP contribution in [0.4, 0.5) is 0 Å². The molecule has 0 spiro atoms. The molecule has 4 rings (SSSR count). The molecule has 0 fully saturated rings. The molecule has 0 radical (unpaired) electrons. The molecule has 1 N–H and O–H groups in total.